The van der Waals surface area contributed by atoms with Crippen molar-refractivity contribution in [3.8, 4) is 5.82 Å². The summed E-state index contributed by atoms with van der Waals surface area (Å²) >= 11 is 3.17. The van der Waals surface area contributed by atoms with Gasteiger partial charge in [0.15, 0.2) is 5.82 Å². The molecule has 16 heavy (non-hydrogen) atoms. The first-order valence-corrected chi connectivity index (χ1v) is 5.02. The maximum absolute atomic E-state index is 11.0. The van der Waals surface area contributed by atoms with Crippen LogP contribution in [-0.4, -0.2) is 25.7 Å². The van der Waals surface area contributed by atoms with Gasteiger partial charge in [-0.05, 0) is 28.1 Å². The van der Waals surface area contributed by atoms with E-state index in [1.54, 1.807) is 12.1 Å². The van der Waals surface area contributed by atoms with E-state index in [4.69, 9.17) is 11.5 Å². The first-order chi connectivity index (χ1) is 7.58. The van der Waals surface area contributed by atoms with Crippen molar-refractivity contribution >= 4 is 27.8 Å². The summed E-state index contributed by atoms with van der Waals surface area (Å²) in [7, 11) is 0. The van der Waals surface area contributed by atoms with E-state index in [0.29, 0.717) is 10.6 Å². The molecule has 0 atom stereocenters. The number of hydrogen-bond acceptors (Lipinski definition) is 5. The van der Waals surface area contributed by atoms with Crippen molar-refractivity contribution in [3.63, 3.8) is 0 Å². The fourth-order valence-electron chi connectivity index (χ4n) is 1.13. The number of carbonyl (C=O) groups is 1. The maximum Gasteiger partial charge on any atom is 0.267 e. The van der Waals surface area contributed by atoms with Crippen molar-refractivity contribution in [3.05, 3.63) is 28.6 Å². The van der Waals surface area contributed by atoms with Crippen LogP contribution in [-0.2, 0) is 0 Å². The van der Waals surface area contributed by atoms with Crippen LogP contribution in [0.15, 0.2) is 22.9 Å². The SMILES string of the molecule is NC(=O)c1cccc(-n2nc(N)nc2Br)n1. The third kappa shape index (κ3) is 1.87. The highest BCUT2D eigenvalue weighted by Crippen LogP contribution is 2.13. The van der Waals surface area contributed by atoms with Gasteiger partial charge in [0.25, 0.3) is 5.91 Å². The first-order valence-electron chi connectivity index (χ1n) is 4.23. The molecule has 8 heteroatoms. The van der Waals surface area contributed by atoms with Crippen LogP contribution in [0, 0.1) is 0 Å². The van der Waals surface area contributed by atoms with Crippen molar-refractivity contribution in [2.45, 2.75) is 0 Å². The molecule has 2 heterocycles. The van der Waals surface area contributed by atoms with E-state index in [0.717, 1.165) is 0 Å². The number of nitrogens with zero attached hydrogens (tertiary/aromatic N) is 4. The summed E-state index contributed by atoms with van der Waals surface area (Å²) in [5, 5.41) is 3.90. The Kier molecular flexibility index (Phi) is 2.57. The number of amides is 1. The summed E-state index contributed by atoms with van der Waals surface area (Å²) in [6.07, 6.45) is 0. The van der Waals surface area contributed by atoms with E-state index in [1.807, 2.05) is 0 Å². The Bertz CT molecular complexity index is 551. The van der Waals surface area contributed by atoms with Gasteiger partial charge >= 0.3 is 0 Å². The molecule has 82 valence electrons. The second-order valence-corrected chi connectivity index (χ2v) is 3.61. The Labute approximate surface area is 98.6 Å². The number of primary amides is 1. The van der Waals surface area contributed by atoms with E-state index >= 15 is 0 Å². The average Bonchev–Trinajstić information content (AvgIpc) is 2.58. The van der Waals surface area contributed by atoms with Gasteiger partial charge in [-0.3, -0.25) is 4.79 Å². The Morgan fingerprint density at radius 3 is 2.69 bits per heavy atom. The molecule has 0 aliphatic carbocycles. The van der Waals surface area contributed by atoms with Crippen molar-refractivity contribution in [1.29, 1.82) is 0 Å². The molecule has 2 aromatic rings. The van der Waals surface area contributed by atoms with Gasteiger partial charge in [0.1, 0.15) is 5.69 Å². The van der Waals surface area contributed by atoms with Crippen LogP contribution in [0.5, 0.6) is 0 Å². The van der Waals surface area contributed by atoms with Crippen LogP contribution in [0.4, 0.5) is 5.95 Å². The van der Waals surface area contributed by atoms with Crippen LogP contribution in [0.3, 0.4) is 0 Å². The highest BCUT2D eigenvalue weighted by atomic mass is 79.9. The molecule has 0 aliphatic rings. The fraction of sp³-hybridized carbons (Fsp3) is 0. The third-order valence-electron chi connectivity index (χ3n) is 1.79. The molecule has 2 aromatic heterocycles. The predicted octanol–water partition coefficient (Wildman–Crippen LogP) is 0.106. The lowest BCUT2D eigenvalue weighted by Gasteiger charge is -2.01. The minimum Gasteiger partial charge on any atom is -0.366 e. The molecule has 0 aromatic carbocycles. The molecule has 0 unspecified atom stereocenters. The van der Waals surface area contributed by atoms with E-state index < -0.39 is 5.91 Å². The minimum absolute atomic E-state index is 0.109. The number of carbonyl (C=O) groups excluding carboxylic acids is 1. The Hall–Kier alpha value is -1.96. The predicted molar refractivity (Wildman–Crippen MR) is 59.8 cm³/mol. The summed E-state index contributed by atoms with van der Waals surface area (Å²) in [6, 6.07) is 4.82. The van der Waals surface area contributed by atoms with Gasteiger partial charge in [0.05, 0.1) is 0 Å². The molecular weight excluding hydrogens is 276 g/mol. The Balaban J connectivity index is 2.52. The quantitative estimate of drug-likeness (QED) is 0.811. The van der Waals surface area contributed by atoms with Crippen molar-refractivity contribution in [2.24, 2.45) is 5.73 Å². The highest BCUT2D eigenvalue weighted by molar-refractivity contribution is 9.10. The zero-order valence-corrected chi connectivity index (χ0v) is 9.55. The van der Waals surface area contributed by atoms with Gasteiger partial charge in [0, 0.05) is 0 Å². The van der Waals surface area contributed by atoms with E-state index in [-0.39, 0.29) is 11.6 Å². The zero-order valence-electron chi connectivity index (χ0n) is 7.96. The largest absolute Gasteiger partial charge is 0.366 e. The first kappa shape index (κ1) is 10.6. The number of anilines is 1. The second kappa shape index (κ2) is 3.89. The van der Waals surface area contributed by atoms with Crippen LogP contribution in [0.1, 0.15) is 10.5 Å². The van der Waals surface area contributed by atoms with Gasteiger partial charge in [-0.1, -0.05) is 6.07 Å². The summed E-state index contributed by atoms with van der Waals surface area (Å²) in [4.78, 5) is 18.8. The van der Waals surface area contributed by atoms with Crippen molar-refractivity contribution < 1.29 is 4.79 Å². The van der Waals surface area contributed by atoms with Crippen LogP contribution < -0.4 is 11.5 Å². The van der Waals surface area contributed by atoms with Crippen molar-refractivity contribution in [1.82, 2.24) is 19.7 Å². The molecule has 0 saturated heterocycles. The molecular formula is C8H7BrN6O. The van der Waals surface area contributed by atoms with Gasteiger partial charge in [-0.25, -0.2) is 4.98 Å². The number of pyridine rings is 1. The Morgan fingerprint density at radius 1 is 1.38 bits per heavy atom. The van der Waals surface area contributed by atoms with Gasteiger partial charge in [-0.2, -0.15) is 9.67 Å². The zero-order chi connectivity index (χ0) is 11.7. The molecule has 0 aliphatic heterocycles. The normalized spacial score (nSPS) is 10.3. The maximum atomic E-state index is 11.0. The second-order valence-electron chi connectivity index (χ2n) is 2.90. The Morgan fingerprint density at radius 2 is 2.12 bits per heavy atom. The van der Waals surface area contributed by atoms with Crippen molar-refractivity contribution in [2.75, 3.05) is 5.73 Å². The number of aromatic nitrogens is 4. The average molecular weight is 283 g/mol. The van der Waals surface area contributed by atoms with Gasteiger partial charge in [-0.15, -0.1) is 5.10 Å². The highest BCUT2D eigenvalue weighted by Gasteiger charge is 2.10. The van der Waals surface area contributed by atoms with Crippen LogP contribution in [0.2, 0.25) is 0 Å². The standard InChI is InChI=1S/C8H7BrN6O/c9-7-13-8(11)14-15(7)5-3-1-2-4(12-5)6(10)16/h1-3H,(H2,10,16)(H2,11,14). The lowest BCUT2D eigenvalue weighted by atomic mass is 10.3. The number of hydrogen-bond donors (Lipinski definition) is 2. The number of nitrogens with two attached hydrogens (primary N) is 2. The molecule has 0 fully saturated rings. The fourth-order valence-corrected chi connectivity index (χ4v) is 1.57. The van der Waals surface area contributed by atoms with Crippen LogP contribution in [0.25, 0.3) is 5.82 Å². The molecule has 0 saturated carbocycles. The molecule has 0 radical (unpaired) electrons. The summed E-state index contributed by atoms with van der Waals surface area (Å²) in [5.41, 5.74) is 10.7. The molecule has 2 rings (SSSR count). The molecule has 4 N–H and O–H groups in total. The monoisotopic (exact) mass is 282 g/mol. The molecule has 7 nitrogen and oxygen atoms in total. The number of nitrogen functional groups attached to an aromatic ring is 1. The number of halogens is 1. The summed E-state index contributed by atoms with van der Waals surface area (Å²) in [5.74, 6) is -0.0865. The third-order valence-corrected chi connectivity index (χ3v) is 2.30. The topological polar surface area (TPSA) is 113 Å². The summed E-state index contributed by atoms with van der Waals surface area (Å²) < 4.78 is 1.76. The van der Waals surface area contributed by atoms with Crippen LogP contribution >= 0.6 is 15.9 Å². The summed E-state index contributed by atoms with van der Waals surface area (Å²) in [6.45, 7) is 0. The van der Waals surface area contributed by atoms with E-state index in [1.165, 1.54) is 10.7 Å². The number of rotatable bonds is 2. The lowest BCUT2D eigenvalue weighted by Crippen LogP contribution is -2.14. The molecule has 0 bridgehead atoms. The molecule has 1 amide bonds. The minimum atomic E-state index is -0.606. The van der Waals surface area contributed by atoms with Gasteiger partial charge < -0.3 is 11.5 Å². The molecule has 0 spiro atoms. The van der Waals surface area contributed by atoms with Gasteiger partial charge in [0.2, 0.25) is 10.7 Å². The smallest absolute Gasteiger partial charge is 0.267 e. The lowest BCUT2D eigenvalue weighted by molar-refractivity contribution is 0.0995. The van der Waals surface area contributed by atoms with E-state index in [2.05, 4.69) is 31.0 Å². The van der Waals surface area contributed by atoms with E-state index in [9.17, 15) is 4.79 Å².